The molecule has 34 heteroatoms. The lowest BCUT2D eigenvalue weighted by Crippen LogP contribution is -2.62. The molecule has 1 saturated heterocycles. The van der Waals surface area contributed by atoms with Crippen LogP contribution in [0.2, 0.25) is 0 Å². The maximum Gasteiger partial charge on any atom is 0.358 e. The lowest BCUT2D eigenvalue weighted by molar-refractivity contribution is -0.280. The molecule has 12 bridgehead atoms. The number of aromatic hydroxyl groups is 1. The first-order valence-electron chi connectivity index (χ1n) is 28.8. The highest BCUT2D eigenvalue weighted by Crippen LogP contribution is 2.43. The Balaban J connectivity index is 1.06. The number of pyridine rings is 1. The normalized spacial score (nSPS) is 24.8. The van der Waals surface area contributed by atoms with E-state index in [1.165, 1.54) is 66.3 Å². The number of ether oxygens (including phenoxy) is 6. The number of allylic oxidation sites excluding steroid dienone is 1. The molecule has 488 valence electrons. The molecule has 1 aromatic carbocycles. The zero-order valence-electron chi connectivity index (χ0n) is 50.8. The van der Waals surface area contributed by atoms with E-state index in [-0.39, 0.29) is 101 Å². The third-order valence-corrected chi connectivity index (χ3v) is 20.5. The molecule has 1 fully saturated rings. The summed E-state index contributed by atoms with van der Waals surface area (Å²) < 4.78 is 39.3. The molecule has 0 radical (unpaired) electrons. The Hall–Kier alpha value is -8.26. The maximum absolute atomic E-state index is 15.2. The van der Waals surface area contributed by atoms with Gasteiger partial charge in [0.1, 0.15) is 121 Å². The molecule has 12 rings (SSSR count). The number of cyclic esters (lactones) is 2. The van der Waals surface area contributed by atoms with Crippen molar-refractivity contribution in [3.8, 4) is 38.4 Å². The number of carbonyl (C=O) groups is 6. The Bertz CT molecular complexity index is 4280. The number of amides is 4. The number of aliphatic hydroxyl groups is 2. The van der Waals surface area contributed by atoms with Crippen LogP contribution < -0.4 is 31.8 Å². The van der Waals surface area contributed by atoms with Gasteiger partial charge in [-0.15, -0.1) is 56.7 Å². The van der Waals surface area contributed by atoms with Crippen molar-refractivity contribution in [1.82, 2.24) is 60.8 Å². The van der Waals surface area contributed by atoms with Crippen LogP contribution >= 0.6 is 56.7 Å². The number of methoxy groups -OCH3 is 1. The van der Waals surface area contributed by atoms with Crippen LogP contribution in [0.15, 0.2) is 56.9 Å². The van der Waals surface area contributed by atoms with Crippen LogP contribution in [0.4, 0.5) is 0 Å². The van der Waals surface area contributed by atoms with Crippen LogP contribution in [0.5, 0.6) is 5.75 Å². The number of likely N-dealkylation sites (N-methyl/N-ethyl adjacent to an activating group) is 1. The van der Waals surface area contributed by atoms with E-state index >= 15 is 14.4 Å². The number of thiazole rings is 5. The summed E-state index contributed by atoms with van der Waals surface area (Å²) >= 11 is 5.04. The van der Waals surface area contributed by atoms with Crippen LogP contribution in [0.25, 0.3) is 49.3 Å². The zero-order valence-corrected chi connectivity index (χ0v) is 54.9. The summed E-state index contributed by atoms with van der Waals surface area (Å²) in [6.07, 6.45) is -7.25. The van der Waals surface area contributed by atoms with Crippen molar-refractivity contribution in [2.45, 2.75) is 114 Å². The van der Waals surface area contributed by atoms with Crippen molar-refractivity contribution in [1.29, 1.82) is 0 Å². The van der Waals surface area contributed by atoms with Gasteiger partial charge < -0.3 is 80.5 Å². The van der Waals surface area contributed by atoms with Crippen LogP contribution in [0, 0.1) is 0 Å². The van der Waals surface area contributed by atoms with E-state index in [0.29, 0.717) is 27.2 Å². The van der Waals surface area contributed by atoms with Gasteiger partial charge in [0, 0.05) is 56.4 Å². The molecule has 4 amide bonds. The second-order valence-corrected chi connectivity index (χ2v) is 26.9. The van der Waals surface area contributed by atoms with E-state index in [9.17, 15) is 29.7 Å². The van der Waals surface area contributed by atoms with E-state index in [1.807, 2.05) is 4.90 Å². The first-order chi connectivity index (χ1) is 44.5. The first-order valence-corrected chi connectivity index (χ1v) is 33.2. The summed E-state index contributed by atoms with van der Waals surface area (Å²) in [5.74, 6) is -5.70. The lowest BCUT2D eigenvalue weighted by Gasteiger charge is -2.48. The highest BCUT2D eigenvalue weighted by atomic mass is 32.1. The Morgan fingerprint density at radius 3 is 2.23 bits per heavy atom. The summed E-state index contributed by atoms with van der Waals surface area (Å²) in [5.41, 5.74) is 5.63. The molecule has 0 spiro atoms. The summed E-state index contributed by atoms with van der Waals surface area (Å²) in [5, 5.41) is 54.6. The lowest BCUT2D eigenvalue weighted by atomic mass is 9.85. The van der Waals surface area contributed by atoms with Crippen LogP contribution in [-0.4, -0.2) is 174 Å². The monoisotopic (exact) mass is 1370 g/mol. The third-order valence-electron chi connectivity index (χ3n) is 15.9. The molecule has 10 unspecified atom stereocenters. The number of benzene rings is 1. The van der Waals surface area contributed by atoms with Gasteiger partial charge in [-0.2, -0.15) is 4.73 Å². The molecule has 8 aromatic rings. The Kier molecular flexibility index (Phi) is 18.3. The van der Waals surface area contributed by atoms with Crippen molar-refractivity contribution in [3.63, 3.8) is 0 Å². The van der Waals surface area contributed by atoms with Gasteiger partial charge in [-0.05, 0) is 59.5 Å². The molecule has 4 aliphatic rings. The number of carbonyl (C=O) groups excluding carboxylic acids is 6. The number of nitrogens with one attached hydrogen (secondary N) is 4. The molecule has 9 N–H and O–H groups in total. The quantitative estimate of drug-likeness (QED) is 0.0769. The Labute approximate surface area is 548 Å². The van der Waals surface area contributed by atoms with E-state index in [2.05, 4.69) is 36.2 Å². The fourth-order valence-corrected chi connectivity index (χ4v) is 15.9. The maximum atomic E-state index is 15.2. The number of aromatic nitrogens is 7. The van der Waals surface area contributed by atoms with Crippen molar-refractivity contribution < 1.29 is 77.3 Å². The number of aliphatic hydroxyl groups excluding tert-OH is 1. The minimum absolute atomic E-state index is 0.0119. The number of hydrogen-bond acceptors (Lipinski definition) is 29. The fraction of sp³-hybridized carbons (Fsp3) is 0.390. The van der Waals surface area contributed by atoms with E-state index < -0.39 is 116 Å². The topological polar surface area (TPSA) is 387 Å². The number of rotatable bonds is 8. The molecular weight excluding hydrogens is 1310 g/mol. The molecule has 29 nitrogen and oxygen atoms in total. The standard InChI is InChI=1S/C59H61N13O16S5/c1-23(73)39-51(78)69-40(24(2)82-7)54-65-34(22-92-54)50(77)70-43-45-46(88-37-13-59(4,81)47(71(5)6)25(3)87-37)58(80)85-15-26-10-9-11-35-38(26)29(16-84-45)44(72(35)83-8)57(79)86-17-30(62-48(75)32-21-93-56(43)66-32)53-63-31(19-91-53)41-28(52-64-33(20-90-52)49(76)68-39)12-36(74)42(67-41)55-61-27(14-60)18-89-55/h9-12,18-23,25,30,37,39,43,45-47,73-74,81H,13-17,60H2,1-8H3,(H,62,75)(H,68,76)(H,69,78)(H,70,77)/b40-24+. The Morgan fingerprint density at radius 2 is 1.52 bits per heavy atom. The van der Waals surface area contributed by atoms with Crippen molar-refractivity contribution >= 4 is 109 Å². The minimum Gasteiger partial charge on any atom is -0.506 e. The van der Waals surface area contributed by atoms with Gasteiger partial charge in [0.25, 0.3) is 17.7 Å². The predicted molar refractivity (Wildman–Crippen MR) is 337 cm³/mol. The van der Waals surface area contributed by atoms with Crippen molar-refractivity contribution in [3.05, 3.63) is 112 Å². The van der Waals surface area contributed by atoms with E-state index in [4.69, 9.17) is 53.9 Å². The van der Waals surface area contributed by atoms with Gasteiger partial charge in [0.2, 0.25) is 5.91 Å². The van der Waals surface area contributed by atoms with Crippen molar-refractivity contribution in [2.75, 3.05) is 34.9 Å². The number of esters is 2. The van der Waals surface area contributed by atoms with Crippen LogP contribution in [-0.2, 0) is 57.8 Å². The minimum atomic E-state index is -1.86. The van der Waals surface area contributed by atoms with Gasteiger partial charge in [0.15, 0.2) is 18.1 Å². The molecule has 0 saturated carbocycles. The summed E-state index contributed by atoms with van der Waals surface area (Å²) in [6, 6.07) is 1.44. The molecule has 4 aliphatic heterocycles. The van der Waals surface area contributed by atoms with Gasteiger partial charge >= 0.3 is 11.9 Å². The third kappa shape index (κ3) is 12.6. The second kappa shape index (κ2) is 26.3. The SMILES string of the molecule is CO/C(C)=C1/NC(=O)C(C(C)O)NC(=O)c2csc(n2)-c2cc(O)c(-c3nc(CN)cs3)nc2-c2csc(n2)C2COC(=O)c3c4c5c(cccc5n3OC)COC(=O)C(OC3CC(C)(O)C(N(C)C)C(C)O3)C(OC4)C(NC(=O)c3csc1n3)c1nc(cs1)C(=O)N2. The second-order valence-electron chi connectivity index (χ2n) is 22.5. The van der Waals surface area contributed by atoms with Gasteiger partial charge in [-0.3, -0.25) is 19.2 Å². The number of nitrogens with zero attached hydrogens (tertiary/aromatic N) is 8. The smallest absolute Gasteiger partial charge is 0.358 e. The average Bonchev–Trinajstić information content (AvgIpc) is 1.63. The fourth-order valence-electron chi connectivity index (χ4n) is 11.7. The largest absolute Gasteiger partial charge is 0.506 e. The average molecular weight is 1370 g/mol. The van der Waals surface area contributed by atoms with Crippen LogP contribution in [0.1, 0.15) is 120 Å². The Morgan fingerprint density at radius 1 is 0.839 bits per heavy atom. The number of hydrogen-bond donors (Lipinski definition) is 8. The molecule has 7 aromatic heterocycles. The molecule has 93 heavy (non-hydrogen) atoms. The molecule has 10 atom stereocenters. The number of fused-ring (bicyclic) bond motifs is 15. The predicted octanol–water partition coefficient (Wildman–Crippen LogP) is 4.44. The molecule has 11 heterocycles. The van der Waals surface area contributed by atoms with Gasteiger partial charge in [0.05, 0.1) is 48.8 Å². The van der Waals surface area contributed by atoms with E-state index in [0.717, 1.165) is 45.3 Å². The highest BCUT2D eigenvalue weighted by Gasteiger charge is 2.50. The summed E-state index contributed by atoms with van der Waals surface area (Å²) in [6.45, 7) is 4.79. The van der Waals surface area contributed by atoms with Gasteiger partial charge in [-0.1, -0.05) is 12.1 Å². The highest BCUT2D eigenvalue weighted by molar-refractivity contribution is 7.14. The van der Waals surface area contributed by atoms with Gasteiger partial charge in [-0.25, -0.2) is 39.5 Å². The first kappa shape index (κ1) is 64.8. The van der Waals surface area contributed by atoms with Crippen molar-refractivity contribution in [2.24, 2.45) is 5.73 Å². The zero-order chi connectivity index (χ0) is 65.9. The van der Waals surface area contributed by atoms with Crippen LogP contribution in [0.3, 0.4) is 0 Å². The molecular formula is C59H61N13O16S5. The number of nitrogens with two attached hydrogens (primary N) is 1. The van der Waals surface area contributed by atoms with E-state index in [1.54, 1.807) is 56.9 Å². The molecule has 0 aliphatic carbocycles. The summed E-state index contributed by atoms with van der Waals surface area (Å²) in [7, 11) is 6.25. The summed E-state index contributed by atoms with van der Waals surface area (Å²) in [4.78, 5) is 125.